The van der Waals surface area contributed by atoms with Crippen molar-refractivity contribution in [1.29, 1.82) is 0 Å². The van der Waals surface area contributed by atoms with Crippen LogP contribution >= 0.6 is 11.3 Å². The first-order chi connectivity index (χ1) is 9.34. The van der Waals surface area contributed by atoms with E-state index in [1.54, 1.807) is 16.8 Å². The Morgan fingerprint density at radius 1 is 1.32 bits per heavy atom. The maximum absolute atomic E-state index is 11.6. The fourth-order valence-corrected chi connectivity index (χ4v) is 2.15. The van der Waals surface area contributed by atoms with E-state index in [1.807, 2.05) is 35.7 Å². The average molecular weight is 276 g/mol. The van der Waals surface area contributed by atoms with Gasteiger partial charge in [-0.2, -0.15) is 0 Å². The molecule has 0 saturated carbocycles. The minimum atomic E-state index is 0.00570. The molecular formula is C14H16N2O2S. The third kappa shape index (κ3) is 5.09. The van der Waals surface area contributed by atoms with Crippen LogP contribution in [0, 0.1) is 0 Å². The lowest BCUT2D eigenvalue weighted by Gasteiger charge is -2.06. The van der Waals surface area contributed by atoms with Crippen molar-refractivity contribution >= 4 is 17.2 Å². The minimum absolute atomic E-state index is 0.00570. The molecule has 100 valence electrons. The van der Waals surface area contributed by atoms with E-state index in [0.29, 0.717) is 19.6 Å². The van der Waals surface area contributed by atoms with Crippen LogP contribution < -0.4 is 10.1 Å². The molecule has 2 rings (SSSR count). The smallest absolute Gasteiger partial charge is 0.223 e. The Morgan fingerprint density at radius 3 is 2.89 bits per heavy atom. The van der Waals surface area contributed by atoms with Gasteiger partial charge in [-0.1, -0.05) is 18.2 Å². The molecule has 2 aromatic rings. The highest BCUT2D eigenvalue weighted by atomic mass is 32.1. The molecule has 0 bridgehead atoms. The van der Waals surface area contributed by atoms with Crippen LogP contribution in [0.1, 0.15) is 12.1 Å². The lowest BCUT2D eigenvalue weighted by Crippen LogP contribution is -2.27. The van der Waals surface area contributed by atoms with Gasteiger partial charge in [0.25, 0.3) is 0 Å². The summed E-state index contributed by atoms with van der Waals surface area (Å²) in [6.45, 7) is 1.01. The number of aromatic nitrogens is 1. The summed E-state index contributed by atoms with van der Waals surface area (Å²) in [5.41, 5.74) is 2.82. The lowest BCUT2D eigenvalue weighted by molar-refractivity contribution is -0.121. The van der Waals surface area contributed by atoms with Crippen molar-refractivity contribution in [1.82, 2.24) is 10.3 Å². The predicted molar refractivity (Wildman–Crippen MR) is 75.4 cm³/mol. The van der Waals surface area contributed by atoms with E-state index >= 15 is 0 Å². The van der Waals surface area contributed by atoms with Crippen LogP contribution in [0.15, 0.2) is 41.2 Å². The standard InChI is InChI=1S/C14H16N2O2S/c17-14(15-8-6-12-10-19-11-16-12)7-9-18-13-4-2-1-3-5-13/h1-5,10-11H,6-9H2,(H,15,17). The van der Waals surface area contributed by atoms with Crippen molar-refractivity contribution in [2.45, 2.75) is 12.8 Å². The Morgan fingerprint density at radius 2 is 2.16 bits per heavy atom. The summed E-state index contributed by atoms with van der Waals surface area (Å²) in [6.07, 6.45) is 1.14. The second-order valence-corrected chi connectivity index (χ2v) is 4.71. The first kappa shape index (κ1) is 13.5. The normalized spacial score (nSPS) is 10.1. The highest BCUT2D eigenvalue weighted by molar-refractivity contribution is 7.07. The molecule has 4 nitrogen and oxygen atoms in total. The Kier molecular flexibility index (Phi) is 5.37. The Bertz CT molecular complexity index is 485. The monoisotopic (exact) mass is 276 g/mol. The van der Waals surface area contributed by atoms with Crippen molar-refractivity contribution in [3.8, 4) is 5.75 Å². The lowest BCUT2D eigenvalue weighted by atomic mass is 10.3. The van der Waals surface area contributed by atoms with Crippen LogP contribution in [0.5, 0.6) is 5.75 Å². The SMILES string of the molecule is O=C(CCOc1ccccc1)NCCc1cscn1. The highest BCUT2D eigenvalue weighted by Crippen LogP contribution is 2.08. The quantitative estimate of drug-likeness (QED) is 0.844. The maximum Gasteiger partial charge on any atom is 0.223 e. The number of carbonyl (C=O) groups is 1. The molecule has 0 fully saturated rings. The van der Waals surface area contributed by atoms with Crippen molar-refractivity contribution in [3.63, 3.8) is 0 Å². The molecule has 0 aliphatic rings. The van der Waals surface area contributed by atoms with E-state index in [0.717, 1.165) is 17.9 Å². The second kappa shape index (κ2) is 7.53. The van der Waals surface area contributed by atoms with Crippen LogP contribution in [0.4, 0.5) is 0 Å². The number of nitrogens with zero attached hydrogens (tertiary/aromatic N) is 1. The first-order valence-corrected chi connectivity index (χ1v) is 7.10. The number of hydrogen-bond acceptors (Lipinski definition) is 4. The second-order valence-electron chi connectivity index (χ2n) is 3.99. The molecule has 1 aromatic carbocycles. The van der Waals surface area contributed by atoms with Gasteiger partial charge in [0.05, 0.1) is 24.2 Å². The Hall–Kier alpha value is -1.88. The van der Waals surface area contributed by atoms with Crippen molar-refractivity contribution in [2.75, 3.05) is 13.2 Å². The van der Waals surface area contributed by atoms with E-state index in [4.69, 9.17) is 4.74 Å². The maximum atomic E-state index is 11.6. The molecule has 1 heterocycles. The zero-order chi connectivity index (χ0) is 13.3. The Labute approximate surface area is 116 Å². The van der Waals surface area contributed by atoms with Crippen molar-refractivity contribution in [3.05, 3.63) is 46.9 Å². The summed E-state index contributed by atoms with van der Waals surface area (Å²) in [4.78, 5) is 15.7. The number of nitrogens with one attached hydrogen (secondary N) is 1. The fraction of sp³-hybridized carbons (Fsp3) is 0.286. The molecule has 0 radical (unpaired) electrons. The number of amides is 1. The van der Waals surface area contributed by atoms with E-state index in [9.17, 15) is 4.79 Å². The molecule has 0 spiro atoms. The third-order valence-corrected chi connectivity index (χ3v) is 3.16. The first-order valence-electron chi connectivity index (χ1n) is 6.16. The summed E-state index contributed by atoms with van der Waals surface area (Å²) >= 11 is 1.57. The van der Waals surface area contributed by atoms with E-state index in [1.165, 1.54) is 0 Å². The highest BCUT2D eigenvalue weighted by Gasteiger charge is 2.02. The topological polar surface area (TPSA) is 51.2 Å². The summed E-state index contributed by atoms with van der Waals surface area (Å²) < 4.78 is 5.46. The number of hydrogen-bond donors (Lipinski definition) is 1. The van der Waals surface area contributed by atoms with Crippen LogP contribution in [-0.4, -0.2) is 24.0 Å². The van der Waals surface area contributed by atoms with Crippen LogP contribution in [0.2, 0.25) is 0 Å². The molecule has 0 aliphatic carbocycles. The largest absolute Gasteiger partial charge is 0.493 e. The number of para-hydroxylation sites is 1. The van der Waals surface area contributed by atoms with Gasteiger partial charge in [-0.3, -0.25) is 4.79 Å². The molecule has 1 amide bonds. The van der Waals surface area contributed by atoms with Gasteiger partial charge in [0.1, 0.15) is 5.75 Å². The number of thiazole rings is 1. The van der Waals surface area contributed by atoms with Crippen molar-refractivity contribution < 1.29 is 9.53 Å². The molecule has 0 aliphatic heterocycles. The molecule has 1 N–H and O–H groups in total. The summed E-state index contributed by atoms with van der Waals surface area (Å²) in [5, 5.41) is 4.84. The van der Waals surface area contributed by atoms with E-state index in [2.05, 4.69) is 10.3 Å². The van der Waals surface area contributed by atoms with Gasteiger partial charge in [-0.15, -0.1) is 11.3 Å². The number of ether oxygens (including phenoxy) is 1. The van der Waals surface area contributed by atoms with E-state index < -0.39 is 0 Å². The van der Waals surface area contributed by atoms with Crippen LogP contribution in [0.3, 0.4) is 0 Å². The molecule has 0 saturated heterocycles. The fourth-order valence-electron chi connectivity index (χ4n) is 1.56. The molecule has 5 heteroatoms. The molecule has 0 unspecified atom stereocenters. The van der Waals surface area contributed by atoms with Gasteiger partial charge < -0.3 is 10.1 Å². The molecular weight excluding hydrogens is 260 g/mol. The molecule has 0 atom stereocenters. The minimum Gasteiger partial charge on any atom is -0.493 e. The van der Waals surface area contributed by atoms with E-state index in [-0.39, 0.29) is 5.91 Å². The average Bonchev–Trinajstić information content (AvgIpc) is 2.93. The van der Waals surface area contributed by atoms with Crippen molar-refractivity contribution in [2.24, 2.45) is 0 Å². The Balaban J connectivity index is 1.57. The zero-order valence-corrected chi connectivity index (χ0v) is 11.4. The van der Waals surface area contributed by atoms with Gasteiger partial charge in [0.2, 0.25) is 5.91 Å². The summed E-state index contributed by atoms with van der Waals surface area (Å²) in [5.74, 6) is 0.795. The van der Waals surface area contributed by atoms with Gasteiger partial charge >= 0.3 is 0 Å². The zero-order valence-electron chi connectivity index (χ0n) is 10.5. The molecule has 19 heavy (non-hydrogen) atoms. The van der Waals surface area contributed by atoms with Gasteiger partial charge in [0.15, 0.2) is 0 Å². The molecule has 1 aromatic heterocycles. The van der Waals surface area contributed by atoms with Gasteiger partial charge in [-0.05, 0) is 12.1 Å². The number of benzene rings is 1. The van der Waals surface area contributed by atoms with Crippen LogP contribution in [0.25, 0.3) is 0 Å². The predicted octanol–water partition coefficient (Wildman–Crippen LogP) is 2.27. The number of rotatable bonds is 7. The van der Waals surface area contributed by atoms with Gasteiger partial charge in [-0.25, -0.2) is 4.98 Å². The third-order valence-electron chi connectivity index (χ3n) is 2.53. The summed E-state index contributed by atoms with van der Waals surface area (Å²) in [7, 11) is 0. The summed E-state index contributed by atoms with van der Waals surface area (Å²) in [6, 6.07) is 9.49. The van der Waals surface area contributed by atoms with Gasteiger partial charge in [0, 0.05) is 18.3 Å². The van der Waals surface area contributed by atoms with Crippen LogP contribution in [-0.2, 0) is 11.2 Å². The number of carbonyl (C=O) groups excluding carboxylic acids is 1.